The van der Waals surface area contributed by atoms with Gasteiger partial charge in [-0.15, -0.1) is 0 Å². The predicted molar refractivity (Wildman–Crippen MR) is 109 cm³/mol. The zero-order valence-corrected chi connectivity index (χ0v) is 16.0. The first-order valence-electron chi connectivity index (χ1n) is 9.57. The molecule has 3 aromatic rings. The van der Waals surface area contributed by atoms with Crippen molar-refractivity contribution in [2.45, 2.75) is 32.4 Å². The molecule has 1 aromatic heterocycles. The van der Waals surface area contributed by atoms with Gasteiger partial charge < -0.3 is 9.84 Å². The number of hydrogen-bond acceptors (Lipinski definition) is 4. The fourth-order valence-corrected chi connectivity index (χ4v) is 3.90. The summed E-state index contributed by atoms with van der Waals surface area (Å²) in [5, 5.41) is 11.1. The number of methoxy groups -OCH3 is 1. The number of aromatic nitrogens is 1. The van der Waals surface area contributed by atoms with Gasteiger partial charge >= 0.3 is 0 Å². The maximum Gasteiger partial charge on any atom is 0.121 e. The number of aliphatic hydroxyl groups excluding tert-OH is 1. The number of aryl methyl sites for hydroxylation is 1. The first kappa shape index (κ1) is 18.0. The van der Waals surface area contributed by atoms with Crippen molar-refractivity contribution < 1.29 is 9.84 Å². The van der Waals surface area contributed by atoms with Gasteiger partial charge in [0, 0.05) is 30.1 Å². The van der Waals surface area contributed by atoms with E-state index in [0.29, 0.717) is 0 Å². The van der Waals surface area contributed by atoms with Crippen molar-refractivity contribution in [1.82, 2.24) is 9.88 Å². The minimum absolute atomic E-state index is 0.223. The summed E-state index contributed by atoms with van der Waals surface area (Å²) in [5.41, 5.74) is 5.51. The Morgan fingerprint density at radius 3 is 2.85 bits per heavy atom. The van der Waals surface area contributed by atoms with E-state index in [0.717, 1.165) is 60.4 Å². The van der Waals surface area contributed by atoms with Gasteiger partial charge in [0.25, 0.3) is 0 Å². The number of rotatable bonds is 4. The molecular weight excluding hydrogens is 336 g/mol. The van der Waals surface area contributed by atoms with Crippen LogP contribution in [0.4, 0.5) is 0 Å². The number of ether oxygens (including phenoxy) is 1. The number of benzene rings is 2. The van der Waals surface area contributed by atoms with E-state index in [4.69, 9.17) is 9.72 Å². The van der Waals surface area contributed by atoms with Gasteiger partial charge in [-0.2, -0.15) is 0 Å². The molecule has 0 amide bonds. The Kier molecular flexibility index (Phi) is 5.10. The molecule has 1 saturated heterocycles. The van der Waals surface area contributed by atoms with Crippen molar-refractivity contribution in [3.63, 3.8) is 0 Å². The van der Waals surface area contributed by atoms with Crippen LogP contribution < -0.4 is 4.74 Å². The lowest BCUT2D eigenvalue weighted by molar-refractivity contribution is 0.0669. The summed E-state index contributed by atoms with van der Waals surface area (Å²) in [5.74, 6) is 0.817. The quantitative estimate of drug-likeness (QED) is 0.756. The van der Waals surface area contributed by atoms with E-state index in [1.807, 2.05) is 12.1 Å². The molecule has 0 aliphatic carbocycles. The average molecular weight is 362 g/mol. The Hall–Kier alpha value is -2.43. The number of nitrogens with zero attached hydrogens (tertiary/aromatic N) is 2. The molecule has 0 bridgehead atoms. The highest BCUT2D eigenvalue weighted by atomic mass is 16.5. The molecule has 140 valence electrons. The zero-order chi connectivity index (χ0) is 18.8. The summed E-state index contributed by atoms with van der Waals surface area (Å²) in [6.45, 7) is 4.66. The van der Waals surface area contributed by atoms with Crippen molar-refractivity contribution in [2.75, 3.05) is 20.2 Å². The lowest BCUT2D eigenvalue weighted by Gasteiger charge is -2.30. The first-order valence-corrected chi connectivity index (χ1v) is 9.57. The summed E-state index contributed by atoms with van der Waals surface area (Å²) in [7, 11) is 1.68. The van der Waals surface area contributed by atoms with Crippen LogP contribution >= 0.6 is 0 Å². The van der Waals surface area contributed by atoms with Crippen LogP contribution in [0.25, 0.3) is 22.2 Å². The second-order valence-electron chi connectivity index (χ2n) is 7.46. The average Bonchev–Trinajstić information content (AvgIpc) is 2.67. The van der Waals surface area contributed by atoms with E-state index in [9.17, 15) is 5.11 Å². The van der Waals surface area contributed by atoms with Gasteiger partial charge in [-0.05, 0) is 56.1 Å². The van der Waals surface area contributed by atoms with Crippen LogP contribution in [0.15, 0.2) is 48.5 Å². The minimum atomic E-state index is -0.223. The van der Waals surface area contributed by atoms with Crippen LogP contribution in [0, 0.1) is 6.92 Å². The van der Waals surface area contributed by atoms with Crippen molar-refractivity contribution in [3.8, 4) is 17.0 Å². The Balaban J connectivity index is 1.80. The van der Waals surface area contributed by atoms with Crippen molar-refractivity contribution in [3.05, 3.63) is 59.7 Å². The smallest absolute Gasteiger partial charge is 0.121 e. The molecule has 1 aliphatic rings. The molecule has 2 aromatic carbocycles. The van der Waals surface area contributed by atoms with E-state index in [1.165, 1.54) is 11.1 Å². The third-order valence-electron chi connectivity index (χ3n) is 5.27. The molecular formula is C23H26N2O2. The molecule has 0 radical (unpaired) electrons. The fraction of sp³-hybridized carbons (Fsp3) is 0.348. The van der Waals surface area contributed by atoms with Gasteiger partial charge in [0.05, 0.1) is 24.4 Å². The molecule has 1 N–H and O–H groups in total. The zero-order valence-electron chi connectivity index (χ0n) is 16.0. The van der Waals surface area contributed by atoms with E-state index >= 15 is 0 Å². The summed E-state index contributed by atoms with van der Waals surface area (Å²) < 4.78 is 5.37. The number of hydrogen-bond donors (Lipinski definition) is 1. The van der Waals surface area contributed by atoms with E-state index in [2.05, 4.69) is 48.2 Å². The van der Waals surface area contributed by atoms with E-state index in [1.54, 1.807) is 7.11 Å². The maximum absolute atomic E-state index is 10.0. The van der Waals surface area contributed by atoms with Crippen LogP contribution in [0.1, 0.15) is 24.0 Å². The topological polar surface area (TPSA) is 45.6 Å². The number of fused-ring (bicyclic) bond motifs is 1. The molecule has 1 atom stereocenters. The minimum Gasteiger partial charge on any atom is -0.497 e. The normalized spacial score (nSPS) is 18.0. The van der Waals surface area contributed by atoms with E-state index < -0.39 is 0 Å². The second-order valence-corrected chi connectivity index (χ2v) is 7.46. The maximum atomic E-state index is 10.0. The highest BCUT2D eigenvalue weighted by Crippen LogP contribution is 2.29. The Morgan fingerprint density at radius 1 is 1.19 bits per heavy atom. The largest absolute Gasteiger partial charge is 0.497 e. The molecule has 1 aliphatic heterocycles. The Morgan fingerprint density at radius 2 is 2.07 bits per heavy atom. The molecule has 2 heterocycles. The third-order valence-corrected chi connectivity index (χ3v) is 5.27. The third kappa shape index (κ3) is 3.97. The number of likely N-dealkylation sites (tertiary alicyclic amines) is 1. The Labute approximate surface area is 160 Å². The number of piperidine rings is 1. The van der Waals surface area contributed by atoms with Gasteiger partial charge in [0.2, 0.25) is 0 Å². The molecule has 4 heteroatoms. The first-order chi connectivity index (χ1) is 13.1. The lowest BCUT2D eigenvalue weighted by atomic mass is 10.00. The van der Waals surface area contributed by atoms with Crippen molar-refractivity contribution in [2.24, 2.45) is 0 Å². The van der Waals surface area contributed by atoms with Gasteiger partial charge in [-0.1, -0.05) is 23.8 Å². The molecule has 1 fully saturated rings. The number of aliphatic hydroxyl groups is 1. The fourth-order valence-electron chi connectivity index (χ4n) is 3.90. The molecule has 4 nitrogen and oxygen atoms in total. The highest BCUT2D eigenvalue weighted by Gasteiger charge is 2.20. The van der Waals surface area contributed by atoms with Crippen LogP contribution in [-0.4, -0.2) is 41.3 Å². The predicted octanol–water partition coefficient (Wildman–Crippen LogP) is 4.18. The Bertz CT molecular complexity index is 954. The van der Waals surface area contributed by atoms with Crippen LogP contribution in [-0.2, 0) is 6.54 Å². The highest BCUT2D eigenvalue weighted by molar-refractivity contribution is 5.84. The van der Waals surface area contributed by atoms with Crippen LogP contribution in [0.2, 0.25) is 0 Å². The van der Waals surface area contributed by atoms with Crippen molar-refractivity contribution in [1.29, 1.82) is 0 Å². The summed E-state index contributed by atoms with van der Waals surface area (Å²) in [6.07, 6.45) is 1.72. The van der Waals surface area contributed by atoms with E-state index in [-0.39, 0.29) is 6.10 Å². The molecule has 0 spiro atoms. The van der Waals surface area contributed by atoms with Crippen molar-refractivity contribution >= 4 is 10.9 Å². The summed E-state index contributed by atoms with van der Waals surface area (Å²) in [4.78, 5) is 7.34. The van der Waals surface area contributed by atoms with Gasteiger partial charge in [0.15, 0.2) is 0 Å². The molecule has 0 saturated carbocycles. The summed E-state index contributed by atoms with van der Waals surface area (Å²) in [6, 6.07) is 16.8. The summed E-state index contributed by atoms with van der Waals surface area (Å²) >= 11 is 0. The van der Waals surface area contributed by atoms with Crippen LogP contribution in [0.5, 0.6) is 5.75 Å². The van der Waals surface area contributed by atoms with Gasteiger partial charge in [-0.3, -0.25) is 4.90 Å². The molecule has 27 heavy (non-hydrogen) atoms. The monoisotopic (exact) mass is 362 g/mol. The number of β-amino-alcohol motifs (C(OH)–C–C–N with tert-alkyl or cyclic N) is 1. The SMILES string of the molecule is COc1ccc2cc(CN3CCC[C@@H](O)C3)c(-c3cccc(C)c3)nc2c1. The standard InChI is InChI=1S/C23H26N2O2/c1-16-5-3-6-18(11-16)23-19(14-25-10-4-7-20(26)15-25)12-17-8-9-21(27-2)13-22(17)24-23/h3,5-6,8-9,11-13,20,26H,4,7,10,14-15H2,1-2H3/t20-/m1/s1. The van der Waals surface area contributed by atoms with Crippen LogP contribution in [0.3, 0.4) is 0 Å². The molecule has 4 rings (SSSR count). The molecule has 0 unspecified atom stereocenters. The van der Waals surface area contributed by atoms with Gasteiger partial charge in [0.1, 0.15) is 5.75 Å². The number of pyridine rings is 1. The lowest BCUT2D eigenvalue weighted by Crippen LogP contribution is -2.37. The van der Waals surface area contributed by atoms with Gasteiger partial charge in [-0.25, -0.2) is 4.98 Å². The second kappa shape index (κ2) is 7.67.